The van der Waals surface area contributed by atoms with E-state index >= 15 is 0 Å². The zero-order valence-electron chi connectivity index (χ0n) is 31.0. The molecule has 0 bridgehead atoms. The number of allylic oxidation sites excluding steroid dienone is 8. The maximum Gasteiger partial charge on any atom is 0.303 e. The first-order chi connectivity index (χ1) is 25.0. The molecule has 0 aromatic heterocycles. The van der Waals surface area contributed by atoms with Gasteiger partial charge in [0.05, 0.1) is 15.2 Å². The molecule has 2 aromatic rings. The van der Waals surface area contributed by atoms with Crippen molar-refractivity contribution in [3.63, 3.8) is 0 Å². The number of benzene rings is 2. The van der Waals surface area contributed by atoms with Gasteiger partial charge in [-0.15, -0.1) is 0 Å². The van der Waals surface area contributed by atoms with Crippen LogP contribution in [0.3, 0.4) is 0 Å². The van der Waals surface area contributed by atoms with Crippen LogP contribution in [-0.4, -0.2) is 87.8 Å². The number of unbranched alkanes of at least 4 members (excludes halogenated alkanes) is 2. The topological polar surface area (TPSA) is 171 Å². The standard InChI is InChI=1S/C39H50N2O10S2/c1-6-40-33-20-18-29(52(44,45)46)27-31(33)38(2,22-25-50-4)35(40)15-11-8-7-9-12-16-36-39(3,23-26-51-5)32-28-30(53(47,48)49)19-21-34(32)41(36)24-14-10-13-17-37(42)43/h7-9,11-12,15-16,18-21,27-28H,6,10,13-14,17,22-26H2,1-5H3,(H2-,42,43,44,45,46,47,48,49)/p+1. The van der Waals surface area contributed by atoms with E-state index in [-0.39, 0.29) is 16.2 Å². The predicted molar refractivity (Wildman–Crippen MR) is 205 cm³/mol. The quantitative estimate of drug-likeness (QED) is 0.0608. The third kappa shape index (κ3) is 9.42. The van der Waals surface area contributed by atoms with Crippen LogP contribution in [0, 0.1) is 0 Å². The largest absolute Gasteiger partial charge is 0.481 e. The van der Waals surface area contributed by atoms with E-state index in [1.54, 1.807) is 32.4 Å². The van der Waals surface area contributed by atoms with Gasteiger partial charge in [0.25, 0.3) is 20.2 Å². The number of hydrogen-bond donors (Lipinski definition) is 3. The van der Waals surface area contributed by atoms with Crippen molar-refractivity contribution in [1.29, 1.82) is 0 Å². The summed E-state index contributed by atoms with van der Waals surface area (Å²) in [6.45, 7) is 8.16. The number of carboxylic acid groups (broad SMARTS) is 1. The van der Waals surface area contributed by atoms with Crippen LogP contribution >= 0.6 is 0 Å². The first-order valence-electron chi connectivity index (χ1n) is 17.6. The number of likely N-dealkylation sites (N-methyl/N-ethyl adjacent to an activating group) is 1. The molecule has 53 heavy (non-hydrogen) atoms. The lowest BCUT2D eigenvalue weighted by Crippen LogP contribution is -2.33. The molecule has 2 aromatic carbocycles. The zero-order valence-corrected chi connectivity index (χ0v) is 32.6. The Hall–Kier alpha value is -3.92. The van der Waals surface area contributed by atoms with E-state index in [0.29, 0.717) is 52.0 Å². The second-order valence-corrected chi connectivity index (χ2v) is 16.5. The smallest absolute Gasteiger partial charge is 0.303 e. The van der Waals surface area contributed by atoms with Crippen LogP contribution in [0.1, 0.15) is 70.4 Å². The zero-order chi connectivity index (χ0) is 39.0. The van der Waals surface area contributed by atoms with E-state index < -0.39 is 37.0 Å². The van der Waals surface area contributed by atoms with E-state index in [9.17, 15) is 30.7 Å². The summed E-state index contributed by atoms with van der Waals surface area (Å²) in [4.78, 5) is 12.8. The molecule has 288 valence electrons. The Labute approximate surface area is 313 Å². The Morgan fingerprint density at radius 1 is 0.811 bits per heavy atom. The Morgan fingerprint density at radius 2 is 1.40 bits per heavy atom. The summed E-state index contributed by atoms with van der Waals surface area (Å²) in [7, 11) is -5.60. The summed E-state index contributed by atoms with van der Waals surface area (Å²) < 4.78 is 80.8. The first-order valence-corrected chi connectivity index (χ1v) is 20.5. The fourth-order valence-electron chi connectivity index (χ4n) is 7.31. The number of aliphatic carboxylic acids is 1. The molecular formula is C39H51N2O10S2+. The SMILES string of the molecule is CCN1/C(=C/C=C/C=C/C=C/C2=[N+](CCCCCC(=O)O)c3ccc(S(=O)(=O)O)cc3C2(C)CCOC)C(C)(CCOC)c2cc(S(=O)(=O)O)ccc21. The number of fused-ring (bicyclic) bond motifs is 2. The van der Waals surface area contributed by atoms with Gasteiger partial charge in [0.2, 0.25) is 5.69 Å². The van der Waals surface area contributed by atoms with Crippen LogP contribution in [0.4, 0.5) is 11.4 Å². The first kappa shape index (κ1) is 41.8. The van der Waals surface area contributed by atoms with Crippen LogP contribution in [-0.2, 0) is 45.3 Å². The second kappa shape index (κ2) is 17.5. The van der Waals surface area contributed by atoms with Gasteiger partial charge in [0.1, 0.15) is 6.54 Å². The van der Waals surface area contributed by atoms with E-state index in [0.717, 1.165) is 40.3 Å². The van der Waals surface area contributed by atoms with Crippen molar-refractivity contribution in [2.45, 2.75) is 79.9 Å². The van der Waals surface area contributed by atoms with Crippen LogP contribution in [0.15, 0.2) is 94.4 Å². The Bertz CT molecular complexity index is 2050. The van der Waals surface area contributed by atoms with Crippen molar-refractivity contribution in [3.05, 3.63) is 95.8 Å². The Balaban J connectivity index is 1.66. The molecular weight excluding hydrogens is 721 g/mol. The maximum absolute atomic E-state index is 12.1. The number of methoxy groups -OCH3 is 2. The van der Waals surface area contributed by atoms with Crippen LogP contribution in [0.25, 0.3) is 0 Å². The van der Waals surface area contributed by atoms with Gasteiger partial charge < -0.3 is 19.5 Å². The highest BCUT2D eigenvalue weighted by Gasteiger charge is 2.48. The highest BCUT2D eigenvalue weighted by Crippen LogP contribution is 2.50. The van der Waals surface area contributed by atoms with Crippen molar-refractivity contribution in [2.24, 2.45) is 0 Å². The number of anilines is 1. The monoisotopic (exact) mass is 771 g/mol. The summed E-state index contributed by atoms with van der Waals surface area (Å²) in [6.07, 6.45) is 16.7. The minimum Gasteiger partial charge on any atom is -0.481 e. The third-order valence-electron chi connectivity index (χ3n) is 10.2. The van der Waals surface area contributed by atoms with Gasteiger partial charge in [0.15, 0.2) is 5.71 Å². The number of hydrogen-bond acceptors (Lipinski definition) is 8. The van der Waals surface area contributed by atoms with E-state index in [1.807, 2.05) is 63.3 Å². The second-order valence-electron chi connectivity index (χ2n) is 13.6. The summed E-state index contributed by atoms with van der Waals surface area (Å²) in [5, 5.41) is 9.06. The molecule has 4 rings (SSSR count). The molecule has 12 nitrogen and oxygen atoms in total. The fraction of sp³-hybridized carbons (Fsp3) is 0.436. The van der Waals surface area contributed by atoms with Gasteiger partial charge in [0, 0.05) is 81.3 Å². The van der Waals surface area contributed by atoms with Crippen molar-refractivity contribution in [2.75, 3.05) is 45.4 Å². The lowest BCUT2D eigenvalue weighted by Gasteiger charge is -2.29. The van der Waals surface area contributed by atoms with E-state index in [1.165, 1.54) is 18.2 Å². The molecule has 3 N–H and O–H groups in total. The van der Waals surface area contributed by atoms with E-state index in [4.69, 9.17) is 14.6 Å². The number of nitrogens with zero attached hydrogens (tertiary/aromatic N) is 2. The van der Waals surface area contributed by atoms with Gasteiger partial charge in [-0.25, -0.2) is 0 Å². The molecule has 0 amide bonds. The molecule has 2 aliphatic heterocycles. The predicted octanol–water partition coefficient (Wildman–Crippen LogP) is 6.60. The van der Waals surface area contributed by atoms with Gasteiger partial charge in [-0.1, -0.05) is 30.4 Å². The van der Waals surface area contributed by atoms with Gasteiger partial charge in [-0.2, -0.15) is 21.4 Å². The molecule has 0 saturated heterocycles. The Kier molecular flexibility index (Phi) is 13.8. The van der Waals surface area contributed by atoms with Crippen LogP contribution in [0.2, 0.25) is 0 Å². The minimum absolute atomic E-state index is 0.0934. The van der Waals surface area contributed by atoms with Crippen LogP contribution in [0.5, 0.6) is 0 Å². The summed E-state index contributed by atoms with van der Waals surface area (Å²) in [6, 6.07) is 9.31. The van der Waals surface area contributed by atoms with Crippen molar-refractivity contribution >= 4 is 43.3 Å². The molecule has 0 saturated carbocycles. The normalized spacial score (nSPS) is 21.2. The molecule has 0 aliphatic carbocycles. The number of carbonyl (C=O) groups is 1. The average Bonchev–Trinajstić information content (AvgIpc) is 3.48. The van der Waals surface area contributed by atoms with Gasteiger partial charge in [-0.3, -0.25) is 13.9 Å². The lowest BCUT2D eigenvalue weighted by molar-refractivity contribution is -0.438. The molecule has 14 heteroatoms. The molecule has 2 unspecified atom stereocenters. The molecule has 2 atom stereocenters. The number of ether oxygens (including phenoxy) is 2. The summed E-state index contributed by atoms with van der Waals surface area (Å²) in [5.41, 5.74) is 3.90. The van der Waals surface area contributed by atoms with Crippen molar-refractivity contribution in [3.8, 4) is 0 Å². The van der Waals surface area contributed by atoms with Gasteiger partial charge in [-0.05, 0) is 88.4 Å². The highest BCUT2D eigenvalue weighted by molar-refractivity contribution is 7.86. The molecule has 2 heterocycles. The van der Waals surface area contributed by atoms with Crippen molar-refractivity contribution in [1.82, 2.24) is 0 Å². The van der Waals surface area contributed by atoms with Gasteiger partial charge >= 0.3 is 5.97 Å². The highest BCUT2D eigenvalue weighted by atomic mass is 32.2. The molecule has 0 fully saturated rings. The van der Waals surface area contributed by atoms with E-state index in [2.05, 4.69) is 9.48 Å². The summed E-state index contributed by atoms with van der Waals surface area (Å²) >= 11 is 0. The number of carboxylic acids is 1. The lowest BCUT2D eigenvalue weighted by atomic mass is 9.76. The Morgan fingerprint density at radius 3 is 2.00 bits per heavy atom. The molecule has 0 radical (unpaired) electrons. The average molecular weight is 772 g/mol. The summed E-state index contributed by atoms with van der Waals surface area (Å²) in [5.74, 6) is -0.834. The number of rotatable bonds is 19. The molecule has 2 aliphatic rings. The fourth-order valence-corrected chi connectivity index (χ4v) is 8.33. The van der Waals surface area contributed by atoms with Crippen molar-refractivity contribution < 1.29 is 49.9 Å². The van der Waals surface area contributed by atoms with Crippen LogP contribution < -0.4 is 4.90 Å². The minimum atomic E-state index is -4.44. The maximum atomic E-state index is 12.1. The molecule has 0 spiro atoms. The third-order valence-corrected chi connectivity index (χ3v) is 11.9.